The number of hydrogen-bond donors (Lipinski definition) is 0. The Morgan fingerprint density at radius 3 is 2.30 bits per heavy atom. The topological polar surface area (TPSA) is 61.8 Å². The SMILES string of the molecule is C=C(C)Cc1ccc(OC)cc1C1CC1(C(=O)OC)C(=O)OC. The van der Waals surface area contributed by atoms with Crippen molar-refractivity contribution in [3.8, 4) is 5.75 Å². The highest BCUT2D eigenvalue weighted by Crippen LogP contribution is 2.61. The lowest BCUT2D eigenvalue weighted by Gasteiger charge is -2.16. The summed E-state index contributed by atoms with van der Waals surface area (Å²) in [6, 6.07) is 5.68. The normalized spacial score (nSPS) is 18.0. The highest BCUT2D eigenvalue weighted by atomic mass is 16.5. The standard InChI is InChI=1S/C18H22O5/c1-11(2)8-12-6-7-13(21-3)9-14(12)15-10-18(15,16(19)22-4)17(20)23-5/h6-7,9,15H,1,8,10H2,2-5H3. The van der Waals surface area contributed by atoms with Crippen molar-refractivity contribution >= 4 is 11.9 Å². The average molecular weight is 318 g/mol. The molecule has 1 aromatic rings. The molecule has 1 fully saturated rings. The zero-order chi connectivity index (χ0) is 17.2. The lowest BCUT2D eigenvalue weighted by atomic mass is 9.92. The van der Waals surface area contributed by atoms with E-state index in [1.807, 2.05) is 25.1 Å². The molecule has 5 nitrogen and oxygen atoms in total. The molecule has 0 saturated heterocycles. The molecule has 5 heteroatoms. The van der Waals surface area contributed by atoms with E-state index in [-0.39, 0.29) is 5.92 Å². The van der Waals surface area contributed by atoms with Crippen LogP contribution in [0.4, 0.5) is 0 Å². The molecule has 1 aromatic carbocycles. The second-order valence-corrected chi connectivity index (χ2v) is 5.91. The molecule has 2 rings (SSSR count). The number of rotatable bonds is 6. The van der Waals surface area contributed by atoms with Gasteiger partial charge in [-0.1, -0.05) is 18.2 Å². The minimum Gasteiger partial charge on any atom is -0.497 e. The predicted molar refractivity (Wildman–Crippen MR) is 85.3 cm³/mol. The van der Waals surface area contributed by atoms with Crippen LogP contribution in [-0.4, -0.2) is 33.3 Å². The highest BCUT2D eigenvalue weighted by Gasteiger charge is 2.68. The van der Waals surface area contributed by atoms with Crippen LogP contribution in [0.5, 0.6) is 5.75 Å². The molecule has 0 N–H and O–H groups in total. The largest absolute Gasteiger partial charge is 0.497 e. The van der Waals surface area contributed by atoms with E-state index >= 15 is 0 Å². The minimum absolute atomic E-state index is 0.271. The van der Waals surface area contributed by atoms with E-state index < -0.39 is 17.4 Å². The third kappa shape index (κ3) is 2.96. The molecular weight excluding hydrogens is 296 g/mol. The summed E-state index contributed by atoms with van der Waals surface area (Å²) in [5.41, 5.74) is 1.68. The van der Waals surface area contributed by atoms with Crippen molar-refractivity contribution < 1.29 is 23.8 Å². The van der Waals surface area contributed by atoms with Crippen LogP contribution < -0.4 is 4.74 Å². The zero-order valence-electron chi connectivity index (χ0n) is 14.0. The van der Waals surface area contributed by atoms with Gasteiger partial charge in [0.2, 0.25) is 0 Å². The van der Waals surface area contributed by atoms with Crippen LogP contribution in [0.1, 0.15) is 30.4 Å². The molecule has 0 amide bonds. The van der Waals surface area contributed by atoms with Crippen molar-refractivity contribution in [1.82, 2.24) is 0 Å². The molecule has 1 atom stereocenters. The van der Waals surface area contributed by atoms with Gasteiger partial charge in [-0.2, -0.15) is 0 Å². The van der Waals surface area contributed by atoms with Crippen LogP contribution in [-0.2, 0) is 25.5 Å². The van der Waals surface area contributed by atoms with Crippen LogP contribution >= 0.6 is 0 Å². The van der Waals surface area contributed by atoms with Gasteiger partial charge in [-0.3, -0.25) is 9.59 Å². The molecule has 0 aromatic heterocycles. The van der Waals surface area contributed by atoms with Gasteiger partial charge in [0.1, 0.15) is 5.75 Å². The lowest BCUT2D eigenvalue weighted by Crippen LogP contribution is -2.30. The Hall–Kier alpha value is -2.30. The van der Waals surface area contributed by atoms with Crippen LogP contribution in [0.15, 0.2) is 30.4 Å². The van der Waals surface area contributed by atoms with Crippen LogP contribution in [0, 0.1) is 5.41 Å². The Kier molecular flexibility index (Phi) is 4.78. The first-order valence-electron chi connectivity index (χ1n) is 7.38. The Balaban J connectivity index is 2.46. The number of allylic oxidation sites excluding steroid dienone is 1. The second kappa shape index (κ2) is 6.44. The maximum atomic E-state index is 12.2. The molecule has 0 radical (unpaired) electrons. The summed E-state index contributed by atoms with van der Waals surface area (Å²) >= 11 is 0. The number of hydrogen-bond acceptors (Lipinski definition) is 5. The van der Waals surface area contributed by atoms with E-state index in [0.717, 1.165) is 16.7 Å². The molecule has 1 aliphatic rings. The van der Waals surface area contributed by atoms with E-state index in [2.05, 4.69) is 6.58 Å². The van der Waals surface area contributed by atoms with E-state index in [1.54, 1.807) is 7.11 Å². The number of benzene rings is 1. The minimum atomic E-state index is -1.25. The van der Waals surface area contributed by atoms with Crippen molar-refractivity contribution in [2.24, 2.45) is 5.41 Å². The number of methoxy groups -OCH3 is 3. The van der Waals surface area contributed by atoms with Gasteiger partial charge in [-0.15, -0.1) is 0 Å². The van der Waals surface area contributed by atoms with Crippen molar-refractivity contribution in [2.45, 2.75) is 25.7 Å². The summed E-state index contributed by atoms with van der Waals surface area (Å²) in [4.78, 5) is 24.4. The van der Waals surface area contributed by atoms with Gasteiger partial charge in [0.25, 0.3) is 0 Å². The number of carbonyl (C=O) groups is 2. The van der Waals surface area contributed by atoms with E-state index in [4.69, 9.17) is 14.2 Å². The van der Waals surface area contributed by atoms with Gasteiger partial charge < -0.3 is 14.2 Å². The van der Waals surface area contributed by atoms with Crippen LogP contribution in [0.25, 0.3) is 0 Å². The first-order chi connectivity index (χ1) is 10.9. The smallest absolute Gasteiger partial charge is 0.323 e. The molecule has 1 aliphatic carbocycles. The second-order valence-electron chi connectivity index (χ2n) is 5.91. The molecule has 0 spiro atoms. The third-order valence-electron chi connectivity index (χ3n) is 4.28. The molecule has 1 saturated carbocycles. The first-order valence-corrected chi connectivity index (χ1v) is 7.38. The van der Waals surface area contributed by atoms with Crippen LogP contribution in [0.2, 0.25) is 0 Å². The molecule has 124 valence electrons. The van der Waals surface area contributed by atoms with Gasteiger partial charge in [-0.05, 0) is 43.0 Å². The fraction of sp³-hybridized carbons (Fsp3) is 0.444. The maximum absolute atomic E-state index is 12.2. The predicted octanol–water partition coefficient (Wildman–Crippen LogP) is 2.63. The van der Waals surface area contributed by atoms with E-state index in [9.17, 15) is 9.59 Å². The van der Waals surface area contributed by atoms with Gasteiger partial charge in [0, 0.05) is 5.92 Å². The molecule has 0 heterocycles. The summed E-state index contributed by atoms with van der Waals surface area (Å²) in [7, 11) is 4.14. The molecule has 0 bridgehead atoms. The monoisotopic (exact) mass is 318 g/mol. The van der Waals surface area contributed by atoms with Crippen molar-refractivity contribution in [1.29, 1.82) is 0 Å². The van der Waals surface area contributed by atoms with Crippen molar-refractivity contribution in [2.75, 3.05) is 21.3 Å². The summed E-state index contributed by atoms with van der Waals surface area (Å²) in [5.74, 6) is -0.704. The zero-order valence-corrected chi connectivity index (χ0v) is 14.0. The van der Waals surface area contributed by atoms with Gasteiger partial charge in [-0.25, -0.2) is 0 Å². The molecule has 0 aliphatic heterocycles. The van der Waals surface area contributed by atoms with Gasteiger partial charge >= 0.3 is 11.9 Å². The van der Waals surface area contributed by atoms with Crippen molar-refractivity contribution in [3.05, 3.63) is 41.5 Å². The Morgan fingerprint density at radius 2 is 1.83 bits per heavy atom. The van der Waals surface area contributed by atoms with E-state index in [0.29, 0.717) is 18.6 Å². The summed E-state index contributed by atoms with van der Waals surface area (Å²) in [6.07, 6.45) is 1.05. The Bertz CT molecular complexity index is 631. The van der Waals surface area contributed by atoms with Gasteiger partial charge in [0.05, 0.1) is 21.3 Å². The van der Waals surface area contributed by atoms with Gasteiger partial charge in [0.15, 0.2) is 5.41 Å². The molecule has 1 unspecified atom stereocenters. The Labute approximate surface area is 136 Å². The highest BCUT2D eigenvalue weighted by molar-refractivity contribution is 6.05. The molecular formula is C18H22O5. The quantitative estimate of drug-likeness (QED) is 0.458. The maximum Gasteiger partial charge on any atom is 0.323 e. The van der Waals surface area contributed by atoms with Crippen LogP contribution in [0.3, 0.4) is 0 Å². The summed E-state index contributed by atoms with van der Waals surface area (Å²) < 4.78 is 15.0. The average Bonchev–Trinajstić information content (AvgIpc) is 3.29. The summed E-state index contributed by atoms with van der Waals surface area (Å²) in [6.45, 7) is 5.88. The fourth-order valence-corrected chi connectivity index (χ4v) is 3.05. The first kappa shape index (κ1) is 17.1. The Morgan fingerprint density at radius 1 is 1.22 bits per heavy atom. The summed E-state index contributed by atoms with van der Waals surface area (Å²) in [5, 5.41) is 0. The van der Waals surface area contributed by atoms with E-state index in [1.165, 1.54) is 14.2 Å². The molecule has 23 heavy (non-hydrogen) atoms. The number of carbonyl (C=O) groups excluding carboxylic acids is 2. The lowest BCUT2D eigenvalue weighted by molar-refractivity contribution is -0.161. The number of esters is 2. The van der Waals surface area contributed by atoms with Crippen molar-refractivity contribution in [3.63, 3.8) is 0 Å². The number of ether oxygens (including phenoxy) is 3. The third-order valence-corrected chi connectivity index (χ3v) is 4.28. The fourth-order valence-electron chi connectivity index (χ4n) is 3.05.